The number of H-pyrrole nitrogens is 1. The van der Waals surface area contributed by atoms with Crippen LogP contribution in [-0.4, -0.2) is 55.5 Å². The third-order valence-electron chi connectivity index (χ3n) is 5.36. The topological polar surface area (TPSA) is 179 Å². The standard InChI is InChI=1S/C25H20ClN7O5/c26-15-10-11-16(21-30-32-33-31-21)19(13-15)28-23(35)24(36)29-20(12-14-6-2-1-3-7-14)22(34)27-18-9-5-4-8-17(18)25(37)38/h1-11,13,20H,12H2,(H,27,34)(H,28,35)(H,29,36)(H,37,38)(H,30,31,32,33). The summed E-state index contributed by atoms with van der Waals surface area (Å²) < 4.78 is 0. The molecule has 0 saturated heterocycles. The molecule has 38 heavy (non-hydrogen) atoms. The van der Waals surface area contributed by atoms with Gasteiger partial charge < -0.3 is 21.1 Å². The first-order valence-corrected chi connectivity index (χ1v) is 11.5. The van der Waals surface area contributed by atoms with Gasteiger partial charge >= 0.3 is 17.8 Å². The Kier molecular flexibility index (Phi) is 8.04. The summed E-state index contributed by atoms with van der Waals surface area (Å²) in [6.45, 7) is 0. The molecule has 4 aromatic rings. The lowest BCUT2D eigenvalue weighted by molar-refractivity contribution is -0.137. The minimum Gasteiger partial charge on any atom is -0.478 e. The van der Waals surface area contributed by atoms with Crippen LogP contribution in [0.1, 0.15) is 15.9 Å². The van der Waals surface area contributed by atoms with Crippen LogP contribution in [0.4, 0.5) is 11.4 Å². The number of carboxylic acids is 1. The van der Waals surface area contributed by atoms with E-state index in [1.165, 1.54) is 24.3 Å². The number of carbonyl (C=O) groups excluding carboxylic acids is 3. The highest BCUT2D eigenvalue weighted by molar-refractivity contribution is 6.40. The highest BCUT2D eigenvalue weighted by atomic mass is 35.5. The predicted molar refractivity (Wildman–Crippen MR) is 137 cm³/mol. The zero-order chi connectivity index (χ0) is 27.1. The summed E-state index contributed by atoms with van der Waals surface area (Å²) in [5.74, 6) is -3.88. The number of para-hydroxylation sites is 1. The van der Waals surface area contributed by atoms with Gasteiger partial charge in [0.25, 0.3) is 0 Å². The second kappa shape index (κ2) is 11.8. The Morgan fingerprint density at radius 1 is 0.895 bits per heavy atom. The van der Waals surface area contributed by atoms with E-state index in [-0.39, 0.29) is 34.2 Å². The molecule has 1 heterocycles. The van der Waals surface area contributed by atoms with Crippen LogP contribution >= 0.6 is 11.6 Å². The van der Waals surface area contributed by atoms with Crippen LogP contribution in [-0.2, 0) is 20.8 Å². The van der Waals surface area contributed by atoms with Crippen molar-refractivity contribution in [2.24, 2.45) is 0 Å². The molecule has 5 N–H and O–H groups in total. The van der Waals surface area contributed by atoms with Crippen molar-refractivity contribution >= 4 is 46.7 Å². The Bertz CT molecular complexity index is 1480. The van der Waals surface area contributed by atoms with Gasteiger partial charge in [-0.05, 0) is 46.3 Å². The van der Waals surface area contributed by atoms with E-state index in [0.29, 0.717) is 11.1 Å². The zero-order valence-electron chi connectivity index (χ0n) is 19.5. The lowest BCUT2D eigenvalue weighted by atomic mass is 10.0. The average molecular weight is 534 g/mol. The molecule has 4 rings (SSSR count). The first-order chi connectivity index (χ1) is 18.3. The van der Waals surface area contributed by atoms with Crippen molar-refractivity contribution in [2.45, 2.75) is 12.5 Å². The number of carboxylic acid groups (broad SMARTS) is 1. The Hall–Kier alpha value is -5.10. The van der Waals surface area contributed by atoms with Crippen molar-refractivity contribution in [2.75, 3.05) is 10.6 Å². The summed E-state index contributed by atoms with van der Waals surface area (Å²) in [7, 11) is 0. The van der Waals surface area contributed by atoms with E-state index in [9.17, 15) is 24.3 Å². The maximum Gasteiger partial charge on any atom is 0.337 e. The Balaban J connectivity index is 1.54. The third kappa shape index (κ3) is 6.36. The first-order valence-electron chi connectivity index (χ1n) is 11.1. The number of aromatic amines is 1. The summed E-state index contributed by atoms with van der Waals surface area (Å²) in [6.07, 6.45) is 0.0348. The molecule has 3 amide bonds. The number of nitrogens with one attached hydrogen (secondary N) is 4. The number of amides is 3. The van der Waals surface area contributed by atoms with Gasteiger partial charge in [-0.15, -0.1) is 5.10 Å². The maximum absolute atomic E-state index is 13.2. The van der Waals surface area contributed by atoms with E-state index in [1.54, 1.807) is 48.5 Å². The number of nitrogens with zero attached hydrogens (tertiary/aromatic N) is 3. The number of carbonyl (C=O) groups is 4. The molecule has 0 aliphatic rings. The monoisotopic (exact) mass is 533 g/mol. The van der Waals surface area contributed by atoms with Crippen molar-refractivity contribution in [1.82, 2.24) is 25.9 Å². The van der Waals surface area contributed by atoms with E-state index < -0.39 is 29.7 Å². The van der Waals surface area contributed by atoms with Crippen molar-refractivity contribution in [3.63, 3.8) is 0 Å². The van der Waals surface area contributed by atoms with Gasteiger partial charge in [0, 0.05) is 17.0 Å². The number of hydrogen-bond acceptors (Lipinski definition) is 7. The molecular weight excluding hydrogens is 514 g/mol. The van der Waals surface area contributed by atoms with Gasteiger partial charge in [0.2, 0.25) is 5.91 Å². The number of rotatable bonds is 8. The largest absolute Gasteiger partial charge is 0.478 e. The van der Waals surface area contributed by atoms with Gasteiger partial charge in [0.05, 0.1) is 16.9 Å². The minimum absolute atomic E-state index is 0.0348. The van der Waals surface area contributed by atoms with Crippen LogP contribution < -0.4 is 16.0 Å². The number of tetrazole rings is 1. The van der Waals surface area contributed by atoms with E-state index in [4.69, 9.17) is 11.6 Å². The molecular formula is C25H20ClN7O5. The molecule has 0 bridgehead atoms. The van der Waals surface area contributed by atoms with E-state index in [2.05, 4.69) is 36.6 Å². The summed E-state index contributed by atoms with van der Waals surface area (Å²) in [4.78, 5) is 50.4. The molecule has 1 aromatic heterocycles. The molecule has 0 aliphatic carbocycles. The number of anilines is 2. The normalized spacial score (nSPS) is 11.3. The fourth-order valence-corrected chi connectivity index (χ4v) is 3.73. The highest BCUT2D eigenvalue weighted by Gasteiger charge is 2.26. The molecule has 0 spiro atoms. The van der Waals surface area contributed by atoms with E-state index >= 15 is 0 Å². The molecule has 1 atom stereocenters. The summed E-state index contributed by atoms with van der Waals surface area (Å²) in [6, 6.07) is 18.0. The van der Waals surface area contributed by atoms with E-state index in [0.717, 1.165) is 0 Å². The van der Waals surface area contributed by atoms with E-state index in [1.807, 2.05) is 0 Å². The molecule has 3 aromatic carbocycles. The second-order valence-electron chi connectivity index (χ2n) is 7.95. The third-order valence-corrected chi connectivity index (χ3v) is 5.59. The van der Waals surface area contributed by atoms with Crippen LogP contribution in [0.25, 0.3) is 11.4 Å². The van der Waals surface area contributed by atoms with Gasteiger partial charge in [0.1, 0.15) is 6.04 Å². The molecule has 0 aliphatic heterocycles. The molecule has 13 heteroatoms. The van der Waals surface area contributed by atoms with Crippen molar-refractivity contribution in [1.29, 1.82) is 0 Å². The number of hydrogen-bond donors (Lipinski definition) is 5. The predicted octanol–water partition coefficient (Wildman–Crippen LogP) is 2.52. The van der Waals surface area contributed by atoms with Crippen LogP contribution in [0.2, 0.25) is 5.02 Å². The Labute approximate surface area is 220 Å². The molecule has 12 nitrogen and oxygen atoms in total. The molecule has 192 valence electrons. The van der Waals surface area contributed by atoms with Gasteiger partial charge in [0.15, 0.2) is 5.82 Å². The highest BCUT2D eigenvalue weighted by Crippen LogP contribution is 2.28. The summed E-state index contributed by atoms with van der Waals surface area (Å²) in [5.41, 5.74) is 1.17. The first kappa shape index (κ1) is 26.0. The Morgan fingerprint density at radius 3 is 2.34 bits per heavy atom. The molecule has 0 saturated carbocycles. The molecule has 1 unspecified atom stereocenters. The second-order valence-corrected chi connectivity index (χ2v) is 8.39. The van der Waals surface area contributed by atoms with Gasteiger partial charge in [-0.1, -0.05) is 54.1 Å². The smallest absolute Gasteiger partial charge is 0.337 e. The van der Waals surface area contributed by atoms with Crippen molar-refractivity contribution in [3.05, 3.63) is 88.9 Å². The number of benzene rings is 3. The fraction of sp³-hybridized carbons (Fsp3) is 0.0800. The lowest BCUT2D eigenvalue weighted by Gasteiger charge is -2.19. The van der Waals surface area contributed by atoms with Crippen LogP contribution in [0.15, 0.2) is 72.8 Å². The summed E-state index contributed by atoms with van der Waals surface area (Å²) >= 11 is 6.06. The minimum atomic E-state index is -1.23. The SMILES string of the molecule is O=C(Nc1cc(Cl)ccc1-c1nnn[nH]1)C(=O)NC(Cc1ccccc1)C(=O)Nc1ccccc1C(=O)O. The average Bonchev–Trinajstić information content (AvgIpc) is 3.44. The van der Waals surface area contributed by atoms with Crippen LogP contribution in [0.3, 0.4) is 0 Å². The quantitative estimate of drug-likeness (QED) is 0.214. The number of aromatic nitrogens is 4. The maximum atomic E-state index is 13.2. The van der Waals surface area contributed by atoms with Crippen LogP contribution in [0.5, 0.6) is 0 Å². The molecule has 0 radical (unpaired) electrons. The fourth-order valence-electron chi connectivity index (χ4n) is 3.56. The lowest BCUT2D eigenvalue weighted by Crippen LogP contribution is -2.49. The number of aromatic carboxylic acids is 1. The molecule has 0 fully saturated rings. The number of halogens is 1. The summed E-state index contributed by atoms with van der Waals surface area (Å²) in [5, 5.41) is 30.5. The Morgan fingerprint density at radius 2 is 1.63 bits per heavy atom. The van der Waals surface area contributed by atoms with Crippen molar-refractivity contribution < 1.29 is 24.3 Å². The van der Waals surface area contributed by atoms with Crippen molar-refractivity contribution in [3.8, 4) is 11.4 Å². The zero-order valence-corrected chi connectivity index (χ0v) is 20.3. The van der Waals surface area contributed by atoms with Gasteiger partial charge in [-0.2, -0.15) is 0 Å². The van der Waals surface area contributed by atoms with Gasteiger partial charge in [-0.3, -0.25) is 14.4 Å². The van der Waals surface area contributed by atoms with Gasteiger partial charge in [-0.25, -0.2) is 9.89 Å². The van der Waals surface area contributed by atoms with Crippen LogP contribution in [0, 0.1) is 0 Å².